The minimum atomic E-state index is 0.569. The summed E-state index contributed by atoms with van der Waals surface area (Å²) in [4.78, 5) is 6.59. The molecule has 3 saturated heterocycles. The number of hydrogen-bond donors (Lipinski definition) is 1. The Balaban J connectivity index is 1.85. The Kier molecular flexibility index (Phi) is 2.29. The molecule has 0 unspecified atom stereocenters. The highest BCUT2D eigenvalue weighted by molar-refractivity contribution is 6.29. The molecule has 0 radical (unpaired) electrons. The van der Waals surface area contributed by atoms with Crippen LogP contribution in [-0.4, -0.2) is 30.2 Å². The van der Waals surface area contributed by atoms with Gasteiger partial charge >= 0.3 is 0 Å². The number of rotatable bonds is 1. The van der Waals surface area contributed by atoms with Gasteiger partial charge in [-0.2, -0.15) is 0 Å². The van der Waals surface area contributed by atoms with Crippen LogP contribution in [0, 0.1) is 0 Å². The number of nitrogens with zero attached hydrogens (tertiary/aromatic N) is 2. The SMILES string of the molecule is Clc1ccc(N2C[C@H]3CC[C@@H]2CN3)cn1. The number of halogens is 1. The van der Waals surface area contributed by atoms with Crippen LogP contribution in [0.5, 0.6) is 0 Å². The molecule has 4 rings (SSSR count). The van der Waals surface area contributed by atoms with Gasteiger partial charge in [0.1, 0.15) is 5.15 Å². The number of nitrogens with one attached hydrogen (secondary N) is 1. The zero-order valence-corrected chi connectivity index (χ0v) is 9.24. The molecule has 0 amide bonds. The Bertz CT molecular complexity index is 343. The van der Waals surface area contributed by atoms with Crippen molar-refractivity contribution in [1.29, 1.82) is 0 Å². The largest absolute Gasteiger partial charge is 0.364 e. The van der Waals surface area contributed by atoms with Crippen molar-refractivity contribution in [3.8, 4) is 0 Å². The van der Waals surface area contributed by atoms with E-state index in [1.54, 1.807) is 0 Å². The maximum atomic E-state index is 5.79. The molecule has 4 heteroatoms. The maximum Gasteiger partial charge on any atom is 0.129 e. The second-order valence-electron chi connectivity index (χ2n) is 4.33. The van der Waals surface area contributed by atoms with E-state index in [0.717, 1.165) is 13.1 Å². The lowest BCUT2D eigenvalue weighted by atomic mass is 9.93. The molecule has 3 aliphatic rings. The Labute approximate surface area is 94.4 Å². The van der Waals surface area contributed by atoms with Crippen LogP contribution < -0.4 is 10.2 Å². The third-order valence-corrected chi connectivity index (χ3v) is 3.62. The van der Waals surface area contributed by atoms with Gasteiger partial charge in [0.15, 0.2) is 0 Å². The van der Waals surface area contributed by atoms with Gasteiger partial charge in [0, 0.05) is 25.2 Å². The van der Waals surface area contributed by atoms with Crippen LogP contribution in [0.4, 0.5) is 5.69 Å². The fraction of sp³-hybridized carbons (Fsp3) is 0.545. The van der Waals surface area contributed by atoms with Crippen molar-refractivity contribution in [2.24, 2.45) is 0 Å². The monoisotopic (exact) mass is 223 g/mol. The van der Waals surface area contributed by atoms with Crippen LogP contribution in [0.25, 0.3) is 0 Å². The van der Waals surface area contributed by atoms with Crippen LogP contribution in [0.1, 0.15) is 12.8 Å². The smallest absolute Gasteiger partial charge is 0.129 e. The first kappa shape index (κ1) is 9.43. The molecule has 0 aliphatic carbocycles. The fourth-order valence-electron chi connectivity index (χ4n) is 2.56. The molecular formula is C11H14ClN3. The molecule has 3 nitrogen and oxygen atoms in total. The van der Waals surface area contributed by atoms with Gasteiger partial charge in [-0.15, -0.1) is 0 Å². The number of pyridine rings is 1. The molecule has 2 bridgehead atoms. The fourth-order valence-corrected chi connectivity index (χ4v) is 2.67. The first-order chi connectivity index (χ1) is 7.33. The predicted molar refractivity (Wildman–Crippen MR) is 61.4 cm³/mol. The van der Waals surface area contributed by atoms with Gasteiger partial charge < -0.3 is 10.2 Å². The number of aromatic nitrogens is 1. The summed E-state index contributed by atoms with van der Waals surface area (Å²) in [5.74, 6) is 0. The van der Waals surface area contributed by atoms with Crippen molar-refractivity contribution >= 4 is 17.3 Å². The number of piperazine rings is 1. The van der Waals surface area contributed by atoms with E-state index < -0.39 is 0 Å². The predicted octanol–water partition coefficient (Wildman–Crippen LogP) is 1.68. The van der Waals surface area contributed by atoms with E-state index in [1.165, 1.54) is 18.5 Å². The highest BCUT2D eigenvalue weighted by Crippen LogP contribution is 2.27. The molecule has 0 saturated carbocycles. The van der Waals surface area contributed by atoms with Crippen LogP contribution in [-0.2, 0) is 0 Å². The van der Waals surface area contributed by atoms with Crippen LogP contribution in [0.3, 0.4) is 0 Å². The maximum absolute atomic E-state index is 5.79. The second-order valence-corrected chi connectivity index (χ2v) is 4.72. The zero-order valence-electron chi connectivity index (χ0n) is 8.49. The van der Waals surface area contributed by atoms with Gasteiger partial charge in [-0.25, -0.2) is 4.98 Å². The molecule has 3 aliphatic heterocycles. The van der Waals surface area contributed by atoms with Crippen LogP contribution >= 0.6 is 11.6 Å². The first-order valence-electron chi connectivity index (χ1n) is 5.44. The summed E-state index contributed by atoms with van der Waals surface area (Å²) in [5, 5.41) is 4.11. The molecule has 0 spiro atoms. The van der Waals surface area contributed by atoms with Gasteiger partial charge in [-0.05, 0) is 25.0 Å². The van der Waals surface area contributed by atoms with Crippen molar-refractivity contribution in [2.45, 2.75) is 24.9 Å². The Morgan fingerprint density at radius 3 is 2.87 bits per heavy atom. The van der Waals surface area contributed by atoms with Crippen LogP contribution in [0.2, 0.25) is 5.15 Å². The molecule has 1 N–H and O–H groups in total. The number of fused-ring (bicyclic) bond motifs is 3. The highest BCUT2D eigenvalue weighted by atomic mass is 35.5. The molecule has 2 atom stereocenters. The topological polar surface area (TPSA) is 28.2 Å². The lowest BCUT2D eigenvalue weighted by Gasteiger charge is -2.47. The van der Waals surface area contributed by atoms with E-state index in [2.05, 4.69) is 21.3 Å². The molecule has 0 aromatic carbocycles. The summed E-state index contributed by atoms with van der Waals surface area (Å²) in [6.45, 7) is 2.21. The average Bonchev–Trinajstić information content (AvgIpc) is 2.31. The molecule has 3 fully saturated rings. The van der Waals surface area contributed by atoms with E-state index in [9.17, 15) is 0 Å². The van der Waals surface area contributed by atoms with Crippen molar-refractivity contribution in [3.05, 3.63) is 23.5 Å². The van der Waals surface area contributed by atoms with Crippen molar-refractivity contribution in [2.75, 3.05) is 18.0 Å². The zero-order chi connectivity index (χ0) is 10.3. The lowest BCUT2D eigenvalue weighted by molar-refractivity contribution is 0.290. The molecule has 1 aromatic heterocycles. The lowest BCUT2D eigenvalue weighted by Crippen LogP contribution is -2.61. The van der Waals surface area contributed by atoms with Gasteiger partial charge in [0.25, 0.3) is 0 Å². The molecule has 15 heavy (non-hydrogen) atoms. The van der Waals surface area contributed by atoms with Crippen LogP contribution in [0.15, 0.2) is 18.3 Å². The Hall–Kier alpha value is -0.800. The van der Waals surface area contributed by atoms with E-state index in [0.29, 0.717) is 17.2 Å². The Morgan fingerprint density at radius 1 is 1.40 bits per heavy atom. The quantitative estimate of drug-likeness (QED) is 0.735. The van der Waals surface area contributed by atoms with Gasteiger partial charge in [-0.3, -0.25) is 0 Å². The standard InChI is InChI=1S/C11H14ClN3/c12-11-4-3-10(6-14-11)15-7-8-1-2-9(15)5-13-8/h3-4,6,8-9,13H,1-2,5,7H2/t8-,9-/m1/s1. The molecule has 1 aromatic rings. The number of anilines is 1. The minimum Gasteiger partial charge on any atom is -0.364 e. The highest BCUT2D eigenvalue weighted by Gasteiger charge is 2.33. The number of piperidine rings is 2. The summed E-state index contributed by atoms with van der Waals surface area (Å²) >= 11 is 5.79. The third kappa shape index (κ3) is 1.70. The molecule has 80 valence electrons. The third-order valence-electron chi connectivity index (χ3n) is 3.39. The molecule has 4 heterocycles. The summed E-state index contributed by atoms with van der Waals surface area (Å²) < 4.78 is 0. The summed E-state index contributed by atoms with van der Waals surface area (Å²) in [7, 11) is 0. The van der Waals surface area contributed by atoms with Crippen molar-refractivity contribution in [3.63, 3.8) is 0 Å². The van der Waals surface area contributed by atoms with E-state index in [1.807, 2.05) is 12.3 Å². The normalized spacial score (nSPS) is 29.5. The molecular weight excluding hydrogens is 210 g/mol. The summed E-state index contributed by atoms with van der Waals surface area (Å²) in [6.07, 6.45) is 4.48. The van der Waals surface area contributed by atoms with Crippen molar-refractivity contribution in [1.82, 2.24) is 10.3 Å². The minimum absolute atomic E-state index is 0.569. The summed E-state index contributed by atoms with van der Waals surface area (Å²) in [5.41, 5.74) is 1.20. The van der Waals surface area contributed by atoms with E-state index in [4.69, 9.17) is 11.6 Å². The second kappa shape index (κ2) is 3.65. The summed E-state index contributed by atoms with van der Waals surface area (Å²) in [6, 6.07) is 5.23. The van der Waals surface area contributed by atoms with Gasteiger partial charge in [0.05, 0.1) is 11.9 Å². The van der Waals surface area contributed by atoms with Gasteiger partial charge in [0.2, 0.25) is 0 Å². The van der Waals surface area contributed by atoms with Crippen molar-refractivity contribution < 1.29 is 0 Å². The number of hydrogen-bond acceptors (Lipinski definition) is 3. The average molecular weight is 224 g/mol. The van der Waals surface area contributed by atoms with Gasteiger partial charge in [-0.1, -0.05) is 11.6 Å². The Morgan fingerprint density at radius 2 is 2.33 bits per heavy atom. The first-order valence-corrected chi connectivity index (χ1v) is 5.82. The van der Waals surface area contributed by atoms with E-state index >= 15 is 0 Å². The van der Waals surface area contributed by atoms with E-state index in [-0.39, 0.29) is 0 Å².